The van der Waals surface area contributed by atoms with Crippen molar-refractivity contribution in [2.24, 2.45) is 5.92 Å². The number of methoxy groups -OCH3 is 1. The van der Waals surface area contributed by atoms with E-state index in [1.807, 2.05) is 12.1 Å². The topological polar surface area (TPSA) is 61.8 Å². The zero-order valence-electron chi connectivity index (χ0n) is 16.4. The maximum atomic E-state index is 12.4. The number of carbonyl (C=O) groups is 1. The molecule has 5 nitrogen and oxygen atoms in total. The number of likely N-dealkylation sites (tertiary alicyclic amines) is 1. The van der Waals surface area contributed by atoms with E-state index in [-0.39, 0.29) is 17.6 Å². The summed E-state index contributed by atoms with van der Waals surface area (Å²) < 4.78 is 5.18. The molecule has 148 valence electrons. The van der Waals surface area contributed by atoms with Crippen LogP contribution in [0.15, 0.2) is 29.8 Å². The van der Waals surface area contributed by atoms with Gasteiger partial charge in [0.25, 0.3) is 0 Å². The number of allylic oxidation sites excluding steroid dienone is 1. The number of aromatic hydroxyl groups is 1. The van der Waals surface area contributed by atoms with Gasteiger partial charge in [-0.05, 0) is 64.1 Å². The summed E-state index contributed by atoms with van der Waals surface area (Å²) in [5, 5.41) is 13.4. The van der Waals surface area contributed by atoms with Crippen LogP contribution in [0.4, 0.5) is 0 Å². The molecule has 1 fully saturated rings. The quantitative estimate of drug-likeness (QED) is 0.718. The Morgan fingerprint density at radius 2 is 2.11 bits per heavy atom. The van der Waals surface area contributed by atoms with E-state index < -0.39 is 0 Å². The molecule has 2 aliphatic rings. The van der Waals surface area contributed by atoms with Crippen molar-refractivity contribution in [3.8, 4) is 11.5 Å². The Morgan fingerprint density at radius 1 is 1.30 bits per heavy atom. The van der Waals surface area contributed by atoms with Crippen LogP contribution in [0, 0.1) is 5.92 Å². The lowest BCUT2D eigenvalue weighted by atomic mass is 9.95. The number of phenolic OH excluding ortho intramolecular Hbond substituents is 1. The van der Waals surface area contributed by atoms with Crippen LogP contribution in [-0.2, 0) is 11.3 Å². The first-order chi connectivity index (χ1) is 13.2. The van der Waals surface area contributed by atoms with Crippen LogP contribution in [-0.4, -0.2) is 42.7 Å². The largest absolute Gasteiger partial charge is 0.504 e. The zero-order chi connectivity index (χ0) is 19.1. The average molecular weight is 373 g/mol. The van der Waals surface area contributed by atoms with E-state index in [0.29, 0.717) is 12.3 Å². The van der Waals surface area contributed by atoms with E-state index in [0.717, 1.165) is 44.5 Å². The minimum Gasteiger partial charge on any atom is -0.504 e. The van der Waals surface area contributed by atoms with Crippen LogP contribution in [0.5, 0.6) is 11.5 Å². The molecule has 0 bridgehead atoms. The van der Waals surface area contributed by atoms with Gasteiger partial charge in [-0.15, -0.1) is 0 Å². The number of hydrogen-bond acceptors (Lipinski definition) is 4. The van der Waals surface area contributed by atoms with E-state index >= 15 is 0 Å². The molecule has 1 amide bonds. The molecule has 0 radical (unpaired) electrons. The van der Waals surface area contributed by atoms with Gasteiger partial charge in [-0.2, -0.15) is 0 Å². The third-order valence-corrected chi connectivity index (χ3v) is 5.79. The second kappa shape index (κ2) is 9.79. The fourth-order valence-corrected chi connectivity index (χ4v) is 4.08. The van der Waals surface area contributed by atoms with Crippen molar-refractivity contribution in [2.45, 2.75) is 51.5 Å². The van der Waals surface area contributed by atoms with Crippen molar-refractivity contribution >= 4 is 5.91 Å². The second-order valence-electron chi connectivity index (χ2n) is 7.67. The molecule has 1 saturated heterocycles. The van der Waals surface area contributed by atoms with Gasteiger partial charge in [0.1, 0.15) is 0 Å². The van der Waals surface area contributed by atoms with Gasteiger partial charge in [-0.3, -0.25) is 9.69 Å². The van der Waals surface area contributed by atoms with Crippen LogP contribution in [0.25, 0.3) is 0 Å². The third kappa shape index (κ3) is 5.48. The first kappa shape index (κ1) is 19.7. The second-order valence-corrected chi connectivity index (χ2v) is 7.67. The minimum atomic E-state index is 0.112. The molecule has 2 N–H and O–H groups in total. The normalized spacial score (nSPS) is 18.8. The Kier molecular flexibility index (Phi) is 7.16. The number of piperidine rings is 1. The van der Waals surface area contributed by atoms with E-state index in [9.17, 15) is 9.90 Å². The van der Waals surface area contributed by atoms with Gasteiger partial charge in [0.2, 0.25) is 5.91 Å². The molecule has 0 saturated carbocycles. The Hall–Kier alpha value is -2.01. The SMILES string of the molecule is COc1cccc(CN2CCC(C(=O)NCCC3=CCCCC3)CC2)c1O. The summed E-state index contributed by atoms with van der Waals surface area (Å²) >= 11 is 0. The molecule has 1 heterocycles. The molecular formula is C22H32N2O3. The van der Waals surface area contributed by atoms with Gasteiger partial charge in [0.05, 0.1) is 7.11 Å². The van der Waals surface area contributed by atoms with Gasteiger partial charge >= 0.3 is 0 Å². The van der Waals surface area contributed by atoms with Crippen molar-refractivity contribution in [1.82, 2.24) is 10.2 Å². The first-order valence-corrected chi connectivity index (χ1v) is 10.2. The number of nitrogens with zero attached hydrogens (tertiary/aromatic N) is 1. The number of nitrogens with one attached hydrogen (secondary N) is 1. The molecule has 1 aromatic rings. The monoisotopic (exact) mass is 372 g/mol. The van der Waals surface area contributed by atoms with Gasteiger partial charge in [0, 0.05) is 24.6 Å². The smallest absolute Gasteiger partial charge is 0.223 e. The lowest BCUT2D eigenvalue weighted by molar-refractivity contribution is -0.126. The van der Waals surface area contributed by atoms with Gasteiger partial charge in [-0.25, -0.2) is 0 Å². The summed E-state index contributed by atoms with van der Waals surface area (Å²) in [7, 11) is 1.56. The maximum Gasteiger partial charge on any atom is 0.223 e. The molecule has 0 unspecified atom stereocenters. The standard InChI is InChI=1S/C22H32N2O3/c1-27-20-9-5-8-19(21(20)25)16-24-14-11-18(12-15-24)22(26)23-13-10-17-6-3-2-4-7-17/h5-6,8-9,18,25H,2-4,7,10-16H2,1H3,(H,23,26). The van der Waals surface area contributed by atoms with Gasteiger partial charge in [-0.1, -0.05) is 23.8 Å². The molecule has 0 aromatic heterocycles. The molecule has 1 aliphatic heterocycles. The predicted octanol–water partition coefficient (Wildman–Crippen LogP) is 3.62. The maximum absolute atomic E-state index is 12.4. The Bertz CT molecular complexity index is 664. The predicted molar refractivity (Wildman–Crippen MR) is 107 cm³/mol. The van der Waals surface area contributed by atoms with Crippen LogP contribution in [0.3, 0.4) is 0 Å². The summed E-state index contributed by atoms with van der Waals surface area (Å²) in [6, 6.07) is 5.59. The summed E-state index contributed by atoms with van der Waals surface area (Å²) in [4.78, 5) is 14.7. The number of carbonyl (C=O) groups excluding carboxylic acids is 1. The Morgan fingerprint density at radius 3 is 2.81 bits per heavy atom. The van der Waals surface area contributed by atoms with Crippen molar-refractivity contribution in [3.63, 3.8) is 0 Å². The Labute approximate surface area is 162 Å². The highest BCUT2D eigenvalue weighted by Gasteiger charge is 2.25. The van der Waals surface area contributed by atoms with Crippen LogP contribution < -0.4 is 10.1 Å². The third-order valence-electron chi connectivity index (χ3n) is 5.79. The number of hydrogen-bond donors (Lipinski definition) is 2. The zero-order valence-corrected chi connectivity index (χ0v) is 16.4. The summed E-state index contributed by atoms with van der Waals surface area (Å²) in [5.74, 6) is 1.04. The lowest BCUT2D eigenvalue weighted by Crippen LogP contribution is -2.40. The lowest BCUT2D eigenvalue weighted by Gasteiger charge is -2.31. The van der Waals surface area contributed by atoms with Gasteiger partial charge in [0.15, 0.2) is 11.5 Å². The van der Waals surface area contributed by atoms with Crippen LogP contribution >= 0.6 is 0 Å². The summed E-state index contributed by atoms with van der Waals surface area (Å²) in [6.07, 6.45) is 10.1. The van der Waals surface area contributed by atoms with Crippen molar-refractivity contribution in [2.75, 3.05) is 26.7 Å². The van der Waals surface area contributed by atoms with E-state index in [2.05, 4.69) is 16.3 Å². The number of amides is 1. The van der Waals surface area contributed by atoms with Crippen molar-refractivity contribution in [3.05, 3.63) is 35.4 Å². The molecule has 27 heavy (non-hydrogen) atoms. The summed E-state index contributed by atoms with van der Waals surface area (Å²) in [6.45, 7) is 3.20. The van der Waals surface area contributed by atoms with Crippen molar-refractivity contribution < 1.29 is 14.6 Å². The Balaban J connectivity index is 1.40. The fraction of sp³-hybridized carbons (Fsp3) is 0.591. The fourth-order valence-electron chi connectivity index (χ4n) is 4.08. The molecule has 0 spiro atoms. The van der Waals surface area contributed by atoms with Crippen LogP contribution in [0.1, 0.15) is 50.5 Å². The number of para-hydroxylation sites is 1. The highest BCUT2D eigenvalue weighted by molar-refractivity contribution is 5.78. The molecule has 0 atom stereocenters. The minimum absolute atomic E-state index is 0.112. The van der Waals surface area contributed by atoms with Crippen LogP contribution in [0.2, 0.25) is 0 Å². The average Bonchev–Trinajstić information content (AvgIpc) is 2.71. The number of phenols is 1. The van der Waals surface area contributed by atoms with Gasteiger partial charge < -0.3 is 15.2 Å². The van der Waals surface area contributed by atoms with E-state index in [4.69, 9.17) is 4.74 Å². The highest BCUT2D eigenvalue weighted by atomic mass is 16.5. The van der Waals surface area contributed by atoms with E-state index in [1.54, 1.807) is 13.2 Å². The number of ether oxygens (including phenoxy) is 1. The molecule has 3 rings (SSSR count). The number of rotatable bonds is 7. The molecular weight excluding hydrogens is 340 g/mol. The first-order valence-electron chi connectivity index (χ1n) is 10.2. The van der Waals surface area contributed by atoms with E-state index in [1.165, 1.54) is 31.3 Å². The van der Waals surface area contributed by atoms with Crippen molar-refractivity contribution in [1.29, 1.82) is 0 Å². The number of benzene rings is 1. The molecule has 1 aromatic carbocycles. The summed E-state index contributed by atoms with van der Waals surface area (Å²) in [5.41, 5.74) is 2.38. The molecule has 1 aliphatic carbocycles. The highest BCUT2D eigenvalue weighted by Crippen LogP contribution is 2.31. The molecule has 5 heteroatoms.